The first kappa shape index (κ1) is 30.1. The van der Waals surface area contributed by atoms with Gasteiger partial charge in [-0.3, -0.25) is 4.79 Å². The Balaban J connectivity index is 0.00000370. The highest BCUT2D eigenvalue weighted by atomic mass is 35.5. The maximum Gasteiger partial charge on any atom is 0.244 e. The number of piperidine rings is 1. The Hall–Kier alpha value is -2.91. The van der Waals surface area contributed by atoms with Gasteiger partial charge in [-0.1, -0.05) is 17.4 Å². The van der Waals surface area contributed by atoms with Gasteiger partial charge in [-0.25, -0.2) is 27.2 Å². The van der Waals surface area contributed by atoms with Crippen LogP contribution in [-0.2, 0) is 10.0 Å². The summed E-state index contributed by atoms with van der Waals surface area (Å²) in [6.45, 7) is 2.28. The number of pyridine rings is 1. The average Bonchev–Trinajstić information content (AvgIpc) is 3.48. The number of likely N-dealkylation sites (tertiary alicyclic amines) is 1. The number of rotatable bonds is 8. The maximum atomic E-state index is 14.1. The summed E-state index contributed by atoms with van der Waals surface area (Å²) in [6.07, 6.45) is 3.22. The molecule has 0 aliphatic carbocycles. The fraction of sp³-hybridized carbons (Fsp3) is 0.400. The highest BCUT2D eigenvalue weighted by molar-refractivity contribution is 7.89. The molecule has 0 saturated carbocycles. The average molecular weight is 615 g/mol. The van der Waals surface area contributed by atoms with Crippen LogP contribution in [-0.4, -0.2) is 78.7 Å². The van der Waals surface area contributed by atoms with Gasteiger partial charge in [0.15, 0.2) is 5.13 Å². The predicted molar refractivity (Wildman–Crippen MR) is 150 cm³/mol. The molecule has 2 fully saturated rings. The number of anilines is 2. The van der Waals surface area contributed by atoms with Crippen LogP contribution in [0.1, 0.15) is 34.5 Å². The number of nitrogen functional groups attached to an aromatic ring is 1. The summed E-state index contributed by atoms with van der Waals surface area (Å²) >= 11 is 0.905. The van der Waals surface area contributed by atoms with Crippen molar-refractivity contribution in [2.45, 2.75) is 36.3 Å². The van der Waals surface area contributed by atoms with Gasteiger partial charge >= 0.3 is 0 Å². The Morgan fingerprint density at radius 1 is 1.12 bits per heavy atom. The lowest BCUT2D eigenvalue weighted by atomic mass is 10.1. The first-order valence-corrected chi connectivity index (χ1v) is 14.7. The van der Waals surface area contributed by atoms with Crippen molar-refractivity contribution in [2.75, 3.05) is 44.3 Å². The molecule has 2 aliphatic heterocycles. The number of carbonyl (C=O) groups excluding carboxylic acids is 1. The van der Waals surface area contributed by atoms with E-state index in [1.807, 2.05) is 7.05 Å². The third-order valence-corrected chi connectivity index (χ3v) is 9.70. The van der Waals surface area contributed by atoms with Crippen LogP contribution in [0.25, 0.3) is 0 Å². The molecule has 1 aromatic carbocycles. The normalized spacial score (nSPS) is 18.8. The number of benzene rings is 1. The highest BCUT2D eigenvalue weighted by Gasteiger charge is 2.31. The summed E-state index contributed by atoms with van der Waals surface area (Å²) in [7, 11) is -1.71. The van der Waals surface area contributed by atoms with Crippen LogP contribution < -0.4 is 15.8 Å². The number of carbonyl (C=O) groups is 1. The Morgan fingerprint density at radius 2 is 1.82 bits per heavy atom. The van der Waals surface area contributed by atoms with Gasteiger partial charge < -0.3 is 20.7 Å². The second kappa shape index (κ2) is 12.3. The van der Waals surface area contributed by atoms with Crippen molar-refractivity contribution < 1.29 is 26.7 Å². The molecule has 0 radical (unpaired) electrons. The molecule has 0 spiro atoms. The summed E-state index contributed by atoms with van der Waals surface area (Å²) in [5, 5.41) is 3.49. The molecule has 10 nitrogen and oxygen atoms in total. The number of ether oxygens (including phenoxy) is 1. The summed E-state index contributed by atoms with van der Waals surface area (Å²) in [5.41, 5.74) is 5.20. The van der Waals surface area contributed by atoms with E-state index in [2.05, 4.69) is 20.2 Å². The Morgan fingerprint density at radius 3 is 2.42 bits per heavy atom. The Labute approximate surface area is 241 Å². The summed E-state index contributed by atoms with van der Waals surface area (Å²) < 4.78 is 61.7. The molecular weight excluding hydrogens is 586 g/mol. The van der Waals surface area contributed by atoms with Crippen molar-refractivity contribution in [2.24, 2.45) is 0 Å². The molecule has 2 aromatic heterocycles. The number of likely N-dealkylation sites (N-methyl/N-ethyl adjacent to an activating group) is 1. The van der Waals surface area contributed by atoms with Crippen molar-refractivity contribution in [3.63, 3.8) is 0 Å². The summed E-state index contributed by atoms with van der Waals surface area (Å²) in [6, 6.07) is 6.14. The fourth-order valence-electron chi connectivity index (χ4n) is 4.70. The number of hydrogen-bond donors (Lipinski definition) is 2. The van der Waals surface area contributed by atoms with Crippen LogP contribution in [0.2, 0.25) is 0 Å². The third-order valence-electron chi connectivity index (χ3n) is 6.81. The number of thiazole rings is 1. The molecule has 40 heavy (non-hydrogen) atoms. The predicted octanol–water partition coefficient (Wildman–Crippen LogP) is 3.40. The van der Waals surface area contributed by atoms with Crippen molar-refractivity contribution >= 4 is 50.5 Å². The monoisotopic (exact) mass is 614 g/mol. The largest absolute Gasteiger partial charge is 0.473 e. The second-order valence-electron chi connectivity index (χ2n) is 9.60. The molecule has 4 heterocycles. The lowest BCUT2D eigenvalue weighted by molar-refractivity contribution is 0.103. The van der Waals surface area contributed by atoms with E-state index in [0.29, 0.717) is 23.9 Å². The van der Waals surface area contributed by atoms with Crippen molar-refractivity contribution in [3.8, 4) is 5.88 Å². The van der Waals surface area contributed by atoms with Gasteiger partial charge in [-0.05, 0) is 44.5 Å². The molecule has 5 rings (SSSR count). The molecule has 3 N–H and O–H groups in total. The van der Waals surface area contributed by atoms with Crippen LogP contribution >= 0.6 is 23.7 Å². The third kappa shape index (κ3) is 6.36. The van der Waals surface area contributed by atoms with Crippen molar-refractivity contribution in [1.29, 1.82) is 0 Å². The lowest BCUT2D eigenvalue weighted by Crippen LogP contribution is -2.42. The lowest BCUT2D eigenvalue weighted by Gasteiger charge is -2.31. The van der Waals surface area contributed by atoms with E-state index < -0.39 is 33.0 Å². The molecule has 15 heteroatoms. The number of halogens is 3. The minimum Gasteiger partial charge on any atom is -0.473 e. The zero-order valence-corrected chi connectivity index (χ0v) is 24.0. The smallest absolute Gasteiger partial charge is 0.244 e. The molecule has 1 atom stereocenters. The summed E-state index contributed by atoms with van der Waals surface area (Å²) in [4.78, 5) is 23.3. The molecule has 216 valence electrons. The number of nitrogens with two attached hydrogens (primary N) is 1. The van der Waals surface area contributed by atoms with Gasteiger partial charge in [-0.2, -0.15) is 4.31 Å². The number of ketones is 1. The van der Waals surface area contributed by atoms with Crippen LogP contribution in [0.3, 0.4) is 0 Å². The quantitative estimate of drug-likeness (QED) is 0.367. The number of nitrogens with zero attached hydrogens (tertiary/aromatic N) is 4. The van der Waals surface area contributed by atoms with E-state index in [-0.39, 0.29) is 53.2 Å². The zero-order chi connectivity index (χ0) is 27.7. The van der Waals surface area contributed by atoms with E-state index >= 15 is 0 Å². The molecule has 0 unspecified atom stereocenters. The zero-order valence-electron chi connectivity index (χ0n) is 21.5. The van der Waals surface area contributed by atoms with Gasteiger partial charge in [0.2, 0.25) is 21.7 Å². The minimum atomic E-state index is -3.73. The standard InChI is InChI=1S/C25H28F2N6O4S2.ClH/c1-32-10-9-16(14-32)37-20-6-5-17(13-29-20)39(35,36)33-11-7-15(8-12-33)30-25-31-24(28)23(38-25)22(34)21-18(26)3-2-4-19(21)27;/h2-6,13,15-16H,7-12,14,28H2,1H3,(H,30,31);1H/t16-;/m1./s1. The molecule has 0 amide bonds. The maximum absolute atomic E-state index is 14.1. The van der Waals surface area contributed by atoms with E-state index in [4.69, 9.17) is 10.5 Å². The fourth-order valence-corrected chi connectivity index (χ4v) is 7.02. The second-order valence-corrected chi connectivity index (χ2v) is 12.5. The van der Waals surface area contributed by atoms with E-state index in [1.165, 1.54) is 22.6 Å². The molecule has 2 aliphatic rings. The SMILES string of the molecule is CN1CC[C@@H](Oc2ccc(S(=O)(=O)N3CCC(Nc4nc(N)c(C(=O)c5c(F)cccc5F)s4)CC3)cn2)C1.Cl. The van der Waals surface area contributed by atoms with Crippen LogP contribution in [0, 0.1) is 11.6 Å². The Bertz CT molecular complexity index is 1450. The summed E-state index contributed by atoms with van der Waals surface area (Å²) in [5.74, 6) is -2.56. The molecular formula is C25H29ClF2N6O4S2. The van der Waals surface area contributed by atoms with E-state index in [1.54, 1.807) is 6.07 Å². The Kier molecular flexibility index (Phi) is 9.25. The number of sulfonamides is 1. The minimum absolute atomic E-state index is 0. The van der Waals surface area contributed by atoms with E-state index in [0.717, 1.165) is 43.0 Å². The van der Waals surface area contributed by atoms with Gasteiger partial charge in [0, 0.05) is 38.3 Å². The molecule has 2 saturated heterocycles. The first-order chi connectivity index (χ1) is 18.6. The topological polar surface area (TPSA) is 131 Å². The van der Waals surface area contributed by atoms with Gasteiger partial charge in [0.05, 0.1) is 11.8 Å². The van der Waals surface area contributed by atoms with Crippen LogP contribution in [0.5, 0.6) is 5.88 Å². The van der Waals surface area contributed by atoms with Gasteiger partial charge in [0.1, 0.15) is 33.3 Å². The molecule has 3 aromatic rings. The van der Waals surface area contributed by atoms with Gasteiger partial charge in [-0.15, -0.1) is 12.4 Å². The van der Waals surface area contributed by atoms with Crippen LogP contribution in [0.4, 0.5) is 19.7 Å². The number of nitrogens with one attached hydrogen (secondary N) is 1. The van der Waals surface area contributed by atoms with Crippen molar-refractivity contribution in [3.05, 3.63) is 58.6 Å². The van der Waals surface area contributed by atoms with E-state index in [9.17, 15) is 22.0 Å². The number of aromatic nitrogens is 2. The van der Waals surface area contributed by atoms with Crippen LogP contribution in [0.15, 0.2) is 41.4 Å². The van der Waals surface area contributed by atoms with Gasteiger partial charge in [0.25, 0.3) is 0 Å². The molecule has 0 bridgehead atoms. The first-order valence-electron chi connectivity index (χ1n) is 12.4. The highest BCUT2D eigenvalue weighted by Crippen LogP contribution is 2.31. The van der Waals surface area contributed by atoms with Crippen molar-refractivity contribution in [1.82, 2.24) is 19.2 Å². The number of hydrogen-bond acceptors (Lipinski definition) is 10.